The van der Waals surface area contributed by atoms with Gasteiger partial charge in [-0.3, -0.25) is 4.79 Å². The van der Waals surface area contributed by atoms with E-state index < -0.39 is 23.6 Å². The molecule has 2 heterocycles. The fourth-order valence-electron chi connectivity index (χ4n) is 1.85. The number of aromatic nitrogens is 1. The average molecular weight is 374 g/mol. The number of hydrogen-bond acceptors (Lipinski definition) is 5. The molecule has 0 unspecified atom stereocenters. The van der Waals surface area contributed by atoms with Gasteiger partial charge in [-0.05, 0) is 25.1 Å². The number of nitrogens with zero attached hydrogens (tertiary/aromatic N) is 1. The van der Waals surface area contributed by atoms with E-state index in [4.69, 9.17) is 9.52 Å². The maximum absolute atomic E-state index is 12.4. The Labute approximate surface area is 144 Å². The van der Waals surface area contributed by atoms with Crippen LogP contribution in [-0.2, 0) is 17.5 Å². The highest BCUT2D eigenvalue weighted by Gasteiger charge is 2.30. The van der Waals surface area contributed by atoms with Crippen LogP contribution in [0.4, 0.5) is 13.2 Å². The van der Waals surface area contributed by atoms with Crippen LogP contribution in [0.3, 0.4) is 0 Å². The number of hydrogen-bond donors (Lipinski definition) is 2. The largest absolute Gasteiger partial charge is 0.478 e. The molecule has 134 valence electrons. The Kier molecular flexibility index (Phi) is 5.73. The van der Waals surface area contributed by atoms with E-state index in [9.17, 15) is 22.8 Å². The minimum absolute atomic E-state index is 0.00789. The summed E-state index contributed by atoms with van der Waals surface area (Å²) in [6.45, 7) is 1.51. The predicted octanol–water partition coefficient (Wildman–Crippen LogP) is 3.11. The number of alkyl halides is 3. The third-order valence-electron chi connectivity index (χ3n) is 3.07. The molecule has 0 saturated carbocycles. The van der Waals surface area contributed by atoms with Crippen molar-refractivity contribution in [3.05, 3.63) is 47.0 Å². The number of aryl methyl sites for hydroxylation is 1. The van der Waals surface area contributed by atoms with Crippen LogP contribution in [0.25, 0.3) is 0 Å². The van der Waals surface area contributed by atoms with Crippen LogP contribution in [0.2, 0.25) is 0 Å². The van der Waals surface area contributed by atoms with Crippen molar-refractivity contribution >= 4 is 23.6 Å². The number of amides is 1. The van der Waals surface area contributed by atoms with Crippen molar-refractivity contribution in [1.29, 1.82) is 0 Å². The number of carboxylic acids is 1. The zero-order valence-electron chi connectivity index (χ0n) is 12.9. The van der Waals surface area contributed by atoms with Crippen LogP contribution in [-0.4, -0.2) is 27.7 Å². The first-order valence-electron chi connectivity index (χ1n) is 6.92. The van der Waals surface area contributed by atoms with E-state index in [1.54, 1.807) is 0 Å². The van der Waals surface area contributed by atoms with E-state index in [2.05, 4.69) is 10.3 Å². The van der Waals surface area contributed by atoms with Gasteiger partial charge in [0.25, 0.3) is 0 Å². The van der Waals surface area contributed by atoms with Crippen molar-refractivity contribution < 1.29 is 32.3 Å². The van der Waals surface area contributed by atoms with E-state index >= 15 is 0 Å². The van der Waals surface area contributed by atoms with Crippen LogP contribution in [0.15, 0.2) is 33.8 Å². The lowest BCUT2D eigenvalue weighted by atomic mass is 10.2. The number of aromatic carboxylic acids is 1. The SMILES string of the molecule is Cc1oc(CNC(=O)CSc2ccc(C(F)(F)F)cn2)cc1C(=O)O. The van der Waals surface area contributed by atoms with Gasteiger partial charge < -0.3 is 14.8 Å². The molecule has 2 aromatic heterocycles. The van der Waals surface area contributed by atoms with E-state index in [-0.39, 0.29) is 28.6 Å². The fourth-order valence-corrected chi connectivity index (χ4v) is 2.53. The second-order valence-electron chi connectivity index (χ2n) is 4.94. The highest BCUT2D eigenvalue weighted by atomic mass is 32.2. The molecule has 0 atom stereocenters. The Morgan fingerprint density at radius 1 is 1.36 bits per heavy atom. The molecule has 10 heteroatoms. The minimum Gasteiger partial charge on any atom is -0.478 e. The first-order valence-corrected chi connectivity index (χ1v) is 7.90. The zero-order valence-corrected chi connectivity index (χ0v) is 13.7. The zero-order chi connectivity index (χ0) is 18.6. The van der Waals surface area contributed by atoms with Crippen molar-refractivity contribution in [2.75, 3.05) is 5.75 Å². The molecule has 1 amide bonds. The second kappa shape index (κ2) is 7.60. The normalized spacial score (nSPS) is 11.4. The molecule has 2 rings (SSSR count). The van der Waals surface area contributed by atoms with E-state index in [0.717, 1.165) is 17.8 Å². The summed E-state index contributed by atoms with van der Waals surface area (Å²) < 4.78 is 42.5. The number of pyridine rings is 1. The molecule has 0 aliphatic heterocycles. The number of halogens is 3. The quantitative estimate of drug-likeness (QED) is 0.755. The van der Waals surface area contributed by atoms with E-state index in [1.165, 1.54) is 19.1 Å². The van der Waals surface area contributed by atoms with Gasteiger partial charge in [0.1, 0.15) is 17.1 Å². The topological polar surface area (TPSA) is 92.4 Å². The molecular formula is C15H13F3N2O4S. The van der Waals surface area contributed by atoms with E-state index in [0.29, 0.717) is 12.0 Å². The Morgan fingerprint density at radius 2 is 2.08 bits per heavy atom. The number of carboxylic acid groups (broad SMARTS) is 1. The highest BCUT2D eigenvalue weighted by Crippen LogP contribution is 2.29. The van der Waals surface area contributed by atoms with Gasteiger partial charge in [-0.25, -0.2) is 9.78 Å². The number of carbonyl (C=O) groups excluding carboxylic acids is 1. The molecule has 2 N–H and O–H groups in total. The number of rotatable bonds is 6. The summed E-state index contributed by atoms with van der Waals surface area (Å²) in [5.41, 5.74) is -0.837. The van der Waals surface area contributed by atoms with Crippen molar-refractivity contribution in [3.8, 4) is 0 Å². The molecule has 0 spiro atoms. The number of furan rings is 1. The Bertz CT molecular complexity index is 772. The predicted molar refractivity (Wildman–Crippen MR) is 82.2 cm³/mol. The molecule has 6 nitrogen and oxygen atoms in total. The summed E-state index contributed by atoms with van der Waals surface area (Å²) in [4.78, 5) is 26.3. The van der Waals surface area contributed by atoms with Gasteiger partial charge in [0, 0.05) is 6.20 Å². The maximum Gasteiger partial charge on any atom is 0.417 e. The van der Waals surface area contributed by atoms with Crippen LogP contribution < -0.4 is 5.32 Å². The molecule has 0 fully saturated rings. The second-order valence-corrected chi connectivity index (χ2v) is 5.93. The molecule has 2 aromatic rings. The Morgan fingerprint density at radius 3 is 2.60 bits per heavy atom. The molecule has 0 aliphatic carbocycles. The number of nitrogens with one attached hydrogen (secondary N) is 1. The van der Waals surface area contributed by atoms with Crippen LogP contribution in [0.1, 0.15) is 27.4 Å². The maximum atomic E-state index is 12.4. The molecule has 0 aliphatic rings. The number of carbonyl (C=O) groups is 2. The average Bonchev–Trinajstić information content (AvgIpc) is 2.91. The van der Waals surface area contributed by atoms with Gasteiger partial charge in [0.15, 0.2) is 0 Å². The Balaban J connectivity index is 1.83. The first kappa shape index (κ1) is 18.8. The molecule has 25 heavy (non-hydrogen) atoms. The van der Waals surface area contributed by atoms with Gasteiger partial charge in [-0.1, -0.05) is 11.8 Å². The molecule has 0 bridgehead atoms. The molecule has 0 aromatic carbocycles. The molecule has 0 radical (unpaired) electrons. The van der Waals surface area contributed by atoms with Crippen molar-refractivity contribution in [3.63, 3.8) is 0 Å². The fraction of sp³-hybridized carbons (Fsp3) is 0.267. The monoisotopic (exact) mass is 374 g/mol. The lowest BCUT2D eigenvalue weighted by molar-refractivity contribution is -0.137. The van der Waals surface area contributed by atoms with Crippen LogP contribution in [0.5, 0.6) is 0 Å². The van der Waals surface area contributed by atoms with Crippen LogP contribution >= 0.6 is 11.8 Å². The first-order chi connectivity index (χ1) is 11.7. The summed E-state index contributed by atoms with van der Waals surface area (Å²) in [7, 11) is 0. The molecule has 0 saturated heterocycles. The standard InChI is InChI=1S/C15H13F3N2O4S/c1-8-11(14(22)23)4-10(24-8)6-19-12(21)7-25-13-3-2-9(5-20-13)15(16,17)18/h2-5H,6-7H2,1H3,(H,19,21)(H,22,23). The van der Waals surface area contributed by atoms with Gasteiger partial charge in [0.2, 0.25) is 5.91 Å². The summed E-state index contributed by atoms with van der Waals surface area (Å²) in [5.74, 6) is -1.04. The minimum atomic E-state index is -4.45. The summed E-state index contributed by atoms with van der Waals surface area (Å²) in [6.07, 6.45) is -3.75. The number of thioether (sulfide) groups is 1. The van der Waals surface area contributed by atoms with Crippen molar-refractivity contribution in [2.24, 2.45) is 0 Å². The van der Waals surface area contributed by atoms with Crippen LogP contribution in [0, 0.1) is 6.92 Å². The lowest BCUT2D eigenvalue weighted by Gasteiger charge is -2.06. The summed E-state index contributed by atoms with van der Waals surface area (Å²) >= 11 is 0.981. The summed E-state index contributed by atoms with van der Waals surface area (Å²) in [6, 6.07) is 3.41. The molecular weight excluding hydrogens is 361 g/mol. The van der Waals surface area contributed by atoms with Gasteiger partial charge >= 0.3 is 12.1 Å². The van der Waals surface area contributed by atoms with E-state index in [1.807, 2.05) is 0 Å². The Hall–Kier alpha value is -2.49. The third-order valence-corrected chi connectivity index (χ3v) is 4.02. The van der Waals surface area contributed by atoms with Crippen molar-refractivity contribution in [2.45, 2.75) is 24.7 Å². The smallest absolute Gasteiger partial charge is 0.417 e. The van der Waals surface area contributed by atoms with Gasteiger partial charge in [-0.2, -0.15) is 13.2 Å². The van der Waals surface area contributed by atoms with Gasteiger partial charge in [0.05, 0.1) is 22.9 Å². The highest BCUT2D eigenvalue weighted by molar-refractivity contribution is 7.99. The van der Waals surface area contributed by atoms with Crippen molar-refractivity contribution in [1.82, 2.24) is 10.3 Å². The lowest BCUT2D eigenvalue weighted by Crippen LogP contribution is -2.24. The summed E-state index contributed by atoms with van der Waals surface area (Å²) in [5, 5.41) is 11.7. The van der Waals surface area contributed by atoms with Gasteiger partial charge in [-0.15, -0.1) is 0 Å². The third kappa shape index (κ3) is 5.24.